The Kier molecular flexibility index (Phi) is 4.76. The van der Waals surface area contributed by atoms with Crippen LogP contribution < -0.4 is 26.2 Å². The van der Waals surface area contributed by atoms with Crippen molar-refractivity contribution in [2.24, 2.45) is 0 Å². The average Bonchev–Trinajstić information content (AvgIpc) is 3.47. The number of para-hydroxylation sites is 1. The first-order valence-electron chi connectivity index (χ1n) is 11.7. The van der Waals surface area contributed by atoms with Crippen LogP contribution in [0.1, 0.15) is 35.6 Å². The molecule has 5 atom stereocenters. The minimum Gasteiger partial charge on any atom is -0.366 e. The number of carbonyl (C=O) groups is 1. The smallest absolute Gasteiger partial charge is 0.243 e. The van der Waals surface area contributed by atoms with E-state index in [2.05, 4.69) is 83.4 Å². The lowest BCUT2D eigenvalue weighted by Gasteiger charge is -2.38. The van der Waals surface area contributed by atoms with Gasteiger partial charge in [0.2, 0.25) is 5.91 Å². The van der Waals surface area contributed by atoms with Crippen LogP contribution >= 0.6 is 0 Å². The van der Waals surface area contributed by atoms with Gasteiger partial charge >= 0.3 is 0 Å². The van der Waals surface area contributed by atoms with Crippen molar-refractivity contribution in [3.05, 3.63) is 59.2 Å². The Labute approximate surface area is 189 Å². The molecule has 6 rings (SSSR count). The van der Waals surface area contributed by atoms with Gasteiger partial charge in [-0.3, -0.25) is 15.1 Å². The Morgan fingerprint density at radius 2 is 1.69 bits per heavy atom. The summed E-state index contributed by atoms with van der Waals surface area (Å²) in [7, 11) is 2.24. The van der Waals surface area contributed by atoms with E-state index in [1.165, 1.54) is 17.7 Å². The first-order chi connectivity index (χ1) is 15.5. The predicted octanol–water partition coefficient (Wildman–Crippen LogP) is 2.02. The van der Waals surface area contributed by atoms with Gasteiger partial charge in [0.05, 0.1) is 17.8 Å². The van der Waals surface area contributed by atoms with Gasteiger partial charge in [-0.25, -0.2) is 15.9 Å². The van der Waals surface area contributed by atoms with Gasteiger partial charge in [0.25, 0.3) is 0 Å². The Morgan fingerprint density at radius 3 is 2.34 bits per heavy atom. The summed E-state index contributed by atoms with van der Waals surface area (Å²) in [5.41, 5.74) is 16.1. The van der Waals surface area contributed by atoms with E-state index < -0.39 is 0 Å². The Bertz CT molecular complexity index is 1020. The number of carbonyl (C=O) groups excluding carboxylic acids is 1. The lowest BCUT2D eigenvalue weighted by atomic mass is 9.93. The maximum atomic E-state index is 12.9. The summed E-state index contributed by atoms with van der Waals surface area (Å²) in [6, 6.07) is 16.8. The molecule has 0 saturated carbocycles. The van der Waals surface area contributed by atoms with Crippen molar-refractivity contribution in [3.63, 3.8) is 0 Å². The number of hydrazine groups is 2. The molecular weight excluding hydrogens is 400 g/mol. The van der Waals surface area contributed by atoms with Crippen LogP contribution in [0.4, 0.5) is 11.4 Å². The zero-order valence-electron chi connectivity index (χ0n) is 19.0. The SMILES string of the molecule is Cc1cccc(C)c1N1NC2C(CC1=O)NNC2c1ccc(N2C[C@@H]3C[C@H]2CN3C)cc1. The molecule has 2 bridgehead atoms. The second-order valence-electron chi connectivity index (χ2n) is 9.93. The molecule has 7 nitrogen and oxygen atoms in total. The predicted molar refractivity (Wildman–Crippen MR) is 126 cm³/mol. The Balaban J connectivity index is 1.22. The maximum absolute atomic E-state index is 12.9. The largest absolute Gasteiger partial charge is 0.366 e. The number of anilines is 2. The molecule has 3 unspecified atom stereocenters. The fourth-order valence-corrected chi connectivity index (χ4v) is 6.15. The van der Waals surface area contributed by atoms with Gasteiger partial charge in [-0.05, 0) is 56.1 Å². The number of fused-ring (bicyclic) bond motifs is 3. The standard InChI is InChI=1S/C25H32N6O/c1-15-5-4-6-16(2)25(15)31-22(32)12-21-24(28-31)23(27-26-21)17-7-9-18(10-8-17)30-14-19-11-20(30)13-29(19)3/h4-10,19-21,23-24,26-28H,11-14H2,1-3H3/t19-,20-,21?,23?,24?/m0/s1. The van der Waals surface area contributed by atoms with Gasteiger partial charge in [-0.2, -0.15) is 0 Å². The van der Waals surface area contributed by atoms with Crippen molar-refractivity contribution < 1.29 is 4.79 Å². The normalized spacial score (nSPS) is 32.1. The number of piperazine rings is 1. The van der Waals surface area contributed by atoms with Crippen molar-refractivity contribution in [1.82, 2.24) is 21.2 Å². The minimum absolute atomic E-state index is 0.0672. The lowest BCUT2D eigenvalue weighted by molar-refractivity contribution is -0.121. The van der Waals surface area contributed by atoms with Crippen LogP contribution in [0.25, 0.3) is 0 Å². The number of hydrogen-bond donors (Lipinski definition) is 3. The fraction of sp³-hybridized carbons (Fsp3) is 0.480. The van der Waals surface area contributed by atoms with Gasteiger partial charge in [0, 0.05) is 43.3 Å². The lowest BCUT2D eigenvalue weighted by Crippen LogP contribution is -2.60. The number of nitrogens with zero attached hydrogens (tertiary/aromatic N) is 3. The number of rotatable bonds is 3. The Morgan fingerprint density at radius 1 is 0.938 bits per heavy atom. The third-order valence-corrected chi connectivity index (χ3v) is 7.90. The highest BCUT2D eigenvalue weighted by Crippen LogP contribution is 2.36. The molecule has 4 aliphatic heterocycles. The molecule has 0 spiro atoms. The molecule has 2 aromatic rings. The van der Waals surface area contributed by atoms with Crippen LogP contribution in [0.3, 0.4) is 0 Å². The van der Waals surface area contributed by atoms with Crippen molar-refractivity contribution in [2.75, 3.05) is 30.0 Å². The van der Waals surface area contributed by atoms with Crippen molar-refractivity contribution >= 4 is 17.3 Å². The summed E-state index contributed by atoms with van der Waals surface area (Å²) in [6.07, 6.45) is 1.75. The molecule has 0 radical (unpaired) electrons. The zero-order chi connectivity index (χ0) is 22.0. The molecule has 168 valence electrons. The molecule has 0 aliphatic carbocycles. The number of hydrogen-bond acceptors (Lipinski definition) is 6. The Hall–Kier alpha value is -2.45. The van der Waals surface area contributed by atoms with E-state index in [1.807, 2.05) is 6.07 Å². The summed E-state index contributed by atoms with van der Waals surface area (Å²) in [6.45, 7) is 6.42. The number of nitrogens with one attached hydrogen (secondary N) is 3. The zero-order valence-corrected chi connectivity index (χ0v) is 19.0. The molecule has 4 saturated heterocycles. The molecule has 2 aromatic carbocycles. The second kappa shape index (κ2) is 7.56. The quantitative estimate of drug-likeness (QED) is 0.690. The second-order valence-corrected chi connectivity index (χ2v) is 9.93. The molecule has 32 heavy (non-hydrogen) atoms. The number of likely N-dealkylation sites (tertiary alicyclic amines) is 1. The number of aryl methyl sites for hydroxylation is 2. The molecule has 3 N–H and O–H groups in total. The van der Waals surface area contributed by atoms with E-state index in [9.17, 15) is 4.79 Å². The van der Waals surface area contributed by atoms with Crippen LogP contribution in [0.2, 0.25) is 0 Å². The molecule has 4 aliphatic rings. The molecule has 4 heterocycles. The highest BCUT2D eigenvalue weighted by molar-refractivity contribution is 5.95. The first kappa shape index (κ1) is 20.2. The third-order valence-electron chi connectivity index (χ3n) is 7.90. The van der Waals surface area contributed by atoms with E-state index >= 15 is 0 Å². The van der Waals surface area contributed by atoms with Crippen molar-refractivity contribution in [3.8, 4) is 0 Å². The third kappa shape index (κ3) is 3.15. The van der Waals surface area contributed by atoms with E-state index in [1.54, 1.807) is 5.01 Å². The summed E-state index contributed by atoms with van der Waals surface area (Å²) < 4.78 is 0. The van der Waals surface area contributed by atoms with Gasteiger partial charge in [0.1, 0.15) is 0 Å². The van der Waals surface area contributed by atoms with Crippen LogP contribution in [0, 0.1) is 13.8 Å². The topological polar surface area (TPSA) is 62.9 Å². The molecule has 4 fully saturated rings. The summed E-state index contributed by atoms with van der Waals surface area (Å²) in [5, 5.41) is 1.78. The average molecular weight is 433 g/mol. The van der Waals surface area contributed by atoms with Crippen LogP contribution in [-0.4, -0.2) is 55.1 Å². The fourth-order valence-electron chi connectivity index (χ4n) is 6.15. The number of amides is 1. The summed E-state index contributed by atoms with van der Waals surface area (Å²) >= 11 is 0. The first-order valence-corrected chi connectivity index (χ1v) is 11.7. The summed E-state index contributed by atoms with van der Waals surface area (Å²) in [5.74, 6) is 0.100. The molecule has 1 amide bonds. The summed E-state index contributed by atoms with van der Waals surface area (Å²) in [4.78, 5) is 18.0. The van der Waals surface area contributed by atoms with Gasteiger partial charge < -0.3 is 4.90 Å². The van der Waals surface area contributed by atoms with Crippen LogP contribution in [0.5, 0.6) is 0 Å². The van der Waals surface area contributed by atoms with E-state index in [0.717, 1.165) is 29.9 Å². The molecule has 0 aromatic heterocycles. The van der Waals surface area contributed by atoms with Crippen molar-refractivity contribution in [1.29, 1.82) is 0 Å². The van der Waals surface area contributed by atoms with E-state index in [4.69, 9.17) is 0 Å². The van der Waals surface area contributed by atoms with E-state index in [-0.39, 0.29) is 24.0 Å². The van der Waals surface area contributed by atoms with Crippen LogP contribution in [-0.2, 0) is 4.79 Å². The maximum Gasteiger partial charge on any atom is 0.243 e. The number of benzene rings is 2. The molecular formula is C25H32N6O. The highest BCUT2D eigenvalue weighted by atomic mass is 16.2. The molecule has 7 heteroatoms. The van der Waals surface area contributed by atoms with Crippen LogP contribution in [0.15, 0.2) is 42.5 Å². The van der Waals surface area contributed by atoms with Crippen molar-refractivity contribution in [2.45, 2.75) is 56.9 Å². The number of likely N-dealkylation sites (N-methyl/N-ethyl adjacent to an activating group) is 1. The van der Waals surface area contributed by atoms with E-state index in [0.29, 0.717) is 18.5 Å². The van der Waals surface area contributed by atoms with Gasteiger partial charge in [-0.15, -0.1) is 0 Å². The highest BCUT2D eigenvalue weighted by Gasteiger charge is 2.45. The van der Waals surface area contributed by atoms with Gasteiger partial charge in [-0.1, -0.05) is 30.3 Å². The minimum atomic E-state index is 0.0672. The van der Waals surface area contributed by atoms with Gasteiger partial charge in [0.15, 0.2) is 0 Å². The monoisotopic (exact) mass is 432 g/mol.